The number of H-pyrrole nitrogens is 1. The third-order valence-electron chi connectivity index (χ3n) is 7.87. The van der Waals surface area contributed by atoms with E-state index in [1.165, 1.54) is 11.1 Å². The molecule has 6 rings (SSSR count). The van der Waals surface area contributed by atoms with E-state index in [1.54, 1.807) is 6.07 Å². The average molecular weight is 596 g/mol. The molecular formula is C33H34ClN7O2. The first-order valence-electron chi connectivity index (χ1n) is 14.6. The zero-order valence-corrected chi connectivity index (χ0v) is 24.6. The van der Waals surface area contributed by atoms with Gasteiger partial charge in [-0.15, -0.1) is 0 Å². The molecule has 0 radical (unpaired) electrons. The summed E-state index contributed by atoms with van der Waals surface area (Å²) in [5.41, 5.74) is 3.10. The summed E-state index contributed by atoms with van der Waals surface area (Å²) in [7, 11) is 0. The highest BCUT2D eigenvalue weighted by atomic mass is 35.5. The molecule has 4 aromatic carbocycles. The second-order valence-electron chi connectivity index (χ2n) is 10.7. The van der Waals surface area contributed by atoms with Crippen LogP contribution in [-0.2, 0) is 0 Å². The van der Waals surface area contributed by atoms with Gasteiger partial charge in [0.05, 0.1) is 12.6 Å². The van der Waals surface area contributed by atoms with Crippen LogP contribution in [0.3, 0.4) is 0 Å². The predicted octanol–water partition coefficient (Wildman–Crippen LogP) is 5.82. The minimum Gasteiger partial charge on any atom is -0.493 e. The number of carbonyl (C=O) groups excluding carboxylic acids is 1. The highest BCUT2D eigenvalue weighted by Gasteiger charge is 2.25. The first-order chi connectivity index (χ1) is 21.2. The van der Waals surface area contributed by atoms with Crippen molar-refractivity contribution in [2.45, 2.75) is 18.9 Å². The van der Waals surface area contributed by atoms with Crippen LogP contribution in [0.1, 0.15) is 40.4 Å². The Bertz CT molecular complexity index is 1630. The number of aromatic nitrogens is 4. The number of nitrogens with zero attached hydrogens (tertiary/aromatic N) is 5. The Kier molecular flexibility index (Phi) is 9.22. The second kappa shape index (κ2) is 13.8. The first-order valence-corrected chi connectivity index (χ1v) is 15.0. The zero-order chi connectivity index (χ0) is 29.4. The van der Waals surface area contributed by atoms with Crippen molar-refractivity contribution in [2.75, 3.05) is 44.6 Å². The number of tetrazole rings is 1. The van der Waals surface area contributed by atoms with Crippen LogP contribution in [0.5, 0.6) is 5.75 Å². The van der Waals surface area contributed by atoms with Gasteiger partial charge < -0.3 is 9.64 Å². The van der Waals surface area contributed by atoms with Crippen LogP contribution >= 0.6 is 11.6 Å². The summed E-state index contributed by atoms with van der Waals surface area (Å²) >= 11 is 6.21. The number of fused-ring (bicyclic) bond motifs is 1. The van der Waals surface area contributed by atoms with Crippen LogP contribution < -0.4 is 10.1 Å². The number of carbonyl (C=O) groups is 1. The Balaban J connectivity index is 1.05. The van der Waals surface area contributed by atoms with Crippen molar-refractivity contribution in [3.8, 4) is 5.75 Å². The van der Waals surface area contributed by atoms with Gasteiger partial charge in [0.25, 0.3) is 5.91 Å². The quantitative estimate of drug-likeness (QED) is 0.196. The summed E-state index contributed by atoms with van der Waals surface area (Å²) in [5, 5.41) is 18.4. The average Bonchev–Trinajstić information content (AvgIpc) is 3.44. The molecule has 0 aliphatic carbocycles. The van der Waals surface area contributed by atoms with Crippen LogP contribution in [0, 0.1) is 0 Å². The number of hydrogen-bond acceptors (Lipinski definition) is 7. The SMILES string of the molecule is O=C(Nc1nnn[nH]1)c1ccc(OCCCN2CCCN(C(c3ccccc3)c3ccc(Cl)cc3)CC2)c2ccccc12. The van der Waals surface area contributed by atoms with Gasteiger partial charge in [-0.05, 0) is 70.6 Å². The number of amides is 1. The number of rotatable bonds is 10. The number of halogens is 1. The molecule has 1 atom stereocenters. The van der Waals surface area contributed by atoms with E-state index in [4.69, 9.17) is 16.3 Å². The van der Waals surface area contributed by atoms with Gasteiger partial charge in [-0.25, -0.2) is 5.10 Å². The molecule has 0 spiro atoms. The summed E-state index contributed by atoms with van der Waals surface area (Å²) < 4.78 is 6.25. The number of aromatic amines is 1. The molecular weight excluding hydrogens is 562 g/mol. The molecule has 2 heterocycles. The Morgan fingerprint density at radius 1 is 0.884 bits per heavy atom. The molecule has 0 bridgehead atoms. The maximum atomic E-state index is 12.9. The smallest absolute Gasteiger partial charge is 0.258 e. The van der Waals surface area contributed by atoms with Gasteiger partial charge in [0.2, 0.25) is 5.95 Å². The summed E-state index contributed by atoms with van der Waals surface area (Å²) in [6, 6.07) is 30.6. The minimum atomic E-state index is -0.290. The second-order valence-corrected chi connectivity index (χ2v) is 11.1. The van der Waals surface area contributed by atoms with Gasteiger partial charge in [0.15, 0.2) is 0 Å². The molecule has 1 aromatic heterocycles. The van der Waals surface area contributed by atoms with E-state index < -0.39 is 0 Å². The van der Waals surface area contributed by atoms with E-state index in [-0.39, 0.29) is 17.9 Å². The number of ether oxygens (including phenoxy) is 1. The van der Waals surface area contributed by atoms with Gasteiger partial charge in [0, 0.05) is 42.2 Å². The van der Waals surface area contributed by atoms with Crippen molar-refractivity contribution in [3.05, 3.63) is 113 Å². The van der Waals surface area contributed by atoms with Gasteiger partial charge in [0.1, 0.15) is 5.75 Å². The Labute approximate surface area is 255 Å². The maximum Gasteiger partial charge on any atom is 0.258 e. The van der Waals surface area contributed by atoms with Crippen molar-refractivity contribution in [1.29, 1.82) is 0 Å². The molecule has 43 heavy (non-hydrogen) atoms. The van der Waals surface area contributed by atoms with E-state index in [9.17, 15) is 4.79 Å². The number of hydrogen-bond donors (Lipinski definition) is 2. The monoisotopic (exact) mass is 595 g/mol. The van der Waals surface area contributed by atoms with E-state index >= 15 is 0 Å². The Morgan fingerprint density at radius 3 is 2.44 bits per heavy atom. The molecule has 1 aliphatic heterocycles. The minimum absolute atomic E-state index is 0.201. The highest BCUT2D eigenvalue weighted by Crippen LogP contribution is 2.31. The van der Waals surface area contributed by atoms with Crippen LogP contribution in [0.15, 0.2) is 91.0 Å². The summed E-state index contributed by atoms with van der Waals surface area (Å²) in [4.78, 5) is 18.0. The van der Waals surface area contributed by atoms with Crippen molar-refractivity contribution in [3.63, 3.8) is 0 Å². The van der Waals surface area contributed by atoms with Crippen LogP contribution in [0.2, 0.25) is 5.02 Å². The molecule has 1 fully saturated rings. The molecule has 2 N–H and O–H groups in total. The molecule has 10 heteroatoms. The molecule has 1 aliphatic rings. The molecule has 1 unspecified atom stereocenters. The summed E-state index contributed by atoms with van der Waals surface area (Å²) in [6.45, 7) is 5.65. The van der Waals surface area contributed by atoms with Gasteiger partial charge in [-0.1, -0.05) is 83.4 Å². The third-order valence-corrected chi connectivity index (χ3v) is 8.12. The van der Waals surface area contributed by atoms with Crippen molar-refractivity contribution in [2.24, 2.45) is 0 Å². The molecule has 0 saturated carbocycles. The molecule has 1 saturated heterocycles. The summed E-state index contributed by atoms with van der Waals surface area (Å²) in [6.07, 6.45) is 2.02. The lowest BCUT2D eigenvalue weighted by Crippen LogP contribution is -2.34. The Morgan fingerprint density at radius 2 is 1.65 bits per heavy atom. The fourth-order valence-corrected chi connectivity index (χ4v) is 5.95. The summed E-state index contributed by atoms with van der Waals surface area (Å²) in [5.74, 6) is 0.679. The van der Waals surface area contributed by atoms with E-state index in [2.05, 4.69) is 78.2 Å². The third kappa shape index (κ3) is 7.02. The zero-order valence-electron chi connectivity index (χ0n) is 23.8. The van der Waals surface area contributed by atoms with Crippen molar-refractivity contribution < 1.29 is 9.53 Å². The standard InChI is InChI=1S/C33H34ClN7O2/c34-26-14-12-25(13-15-26)31(24-8-2-1-3-9-24)41-20-6-18-40(21-22-41)19-7-23-43-30-17-16-29(27-10-4-5-11-28(27)30)32(42)35-33-36-38-39-37-33/h1-5,8-17,31H,6-7,18-23H2,(H2,35,36,37,38,39,42). The van der Waals surface area contributed by atoms with Crippen LogP contribution in [0.25, 0.3) is 10.8 Å². The lowest BCUT2D eigenvalue weighted by molar-refractivity contribution is 0.102. The topological polar surface area (TPSA) is 99.3 Å². The van der Waals surface area contributed by atoms with Gasteiger partial charge in [-0.2, -0.15) is 0 Å². The lowest BCUT2D eigenvalue weighted by Gasteiger charge is -2.31. The molecule has 1 amide bonds. The van der Waals surface area contributed by atoms with Crippen LogP contribution in [-0.4, -0.2) is 75.7 Å². The first kappa shape index (κ1) is 28.8. The largest absolute Gasteiger partial charge is 0.493 e. The lowest BCUT2D eigenvalue weighted by atomic mass is 9.97. The van der Waals surface area contributed by atoms with Crippen LogP contribution in [0.4, 0.5) is 5.95 Å². The molecule has 9 nitrogen and oxygen atoms in total. The fraction of sp³-hybridized carbons (Fsp3) is 0.273. The van der Waals surface area contributed by atoms with E-state index in [0.717, 1.165) is 67.1 Å². The normalized spacial score (nSPS) is 15.2. The van der Waals surface area contributed by atoms with Gasteiger partial charge in [-0.3, -0.25) is 15.0 Å². The number of nitrogens with one attached hydrogen (secondary N) is 2. The van der Waals surface area contributed by atoms with Crippen molar-refractivity contribution >= 4 is 34.2 Å². The molecule has 5 aromatic rings. The predicted molar refractivity (Wildman–Crippen MR) is 169 cm³/mol. The van der Waals surface area contributed by atoms with Gasteiger partial charge >= 0.3 is 0 Å². The number of benzene rings is 4. The molecule has 220 valence electrons. The highest BCUT2D eigenvalue weighted by molar-refractivity contribution is 6.30. The maximum absolute atomic E-state index is 12.9. The number of anilines is 1. The van der Waals surface area contributed by atoms with E-state index in [1.807, 2.05) is 42.5 Å². The fourth-order valence-electron chi connectivity index (χ4n) is 5.82. The van der Waals surface area contributed by atoms with E-state index in [0.29, 0.717) is 12.2 Å². The van der Waals surface area contributed by atoms with Crippen molar-refractivity contribution in [1.82, 2.24) is 30.4 Å². The Hall–Kier alpha value is -4.31.